The summed E-state index contributed by atoms with van der Waals surface area (Å²) < 4.78 is 4.83. The Hall–Kier alpha value is -1.52. The van der Waals surface area contributed by atoms with E-state index in [2.05, 4.69) is 4.98 Å². The van der Waals surface area contributed by atoms with Gasteiger partial charge >= 0.3 is 5.97 Å². The van der Waals surface area contributed by atoms with E-state index in [9.17, 15) is 9.90 Å². The number of hydrogen-bond donors (Lipinski definition) is 2. The summed E-state index contributed by atoms with van der Waals surface area (Å²) in [6.45, 7) is 3.72. The molecule has 0 fully saturated rings. The van der Waals surface area contributed by atoms with Crippen molar-refractivity contribution in [2.75, 3.05) is 6.61 Å². The minimum absolute atomic E-state index is 0.247. The van der Waals surface area contributed by atoms with Gasteiger partial charge in [-0.15, -0.1) is 0 Å². The molecule has 102 valence electrons. The van der Waals surface area contributed by atoms with E-state index in [1.165, 1.54) is 0 Å². The molecule has 1 heterocycles. The van der Waals surface area contributed by atoms with Crippen molar-refractivity contribution in [1.82, 2.24) is 4.98 Å². The van der Waals surface area contributed by atoms with E-state index in [0.29, 0.717) is 5.02 Å². The van der Waals surface area contributed by atoms with Gasteiger partial charge in [0.25, 0.3) is 0 Å². The van der Waals surface area contributed by atoms with Crippen molar-refractivity contribution in [1.29, 1.82) is 0 Å². The molecule has 19 heavy (non-hydrogen) atoms. The molecule has 2 aromatic rings. The minimum Gasteiger partial charge on any atom is -0.464 e. The summed E-state index contributed by atoms with van der Waals surface area (Å²) in [6.07, 6.45) is 0.569. The topological polar surface area (TPSA) is 62.3 Å². The SMILES string of the molecule is CCOC(=O)[C@@H](O)[C@H](C)c1c[nH]c2cccc(Cl)c12. The second-order valence-electron chi connectivity index (χ2n) is 4.39. The number of carbonyl (C=O) groups is 1. The Kier molecular flexibility index (Phi) is 4.12. The molecule has 0 unspecified atom stereocenters. The molecule has 1 aromatic carbocycles. The number of aromatic nitrogens is 1. The number of benzene rings is 1. The van der Waals surface area contributed by atoms with Gasteiger partial charge in [-0.2, -0.15) is 0 Å². The second kappa shape index (κ2) is 5.63. The predicted octanol–water partition coefficient (Wildman–Crippen LogP) is 2.85. The first-order valence-corrected chi connectivity index (χ1v) is 6.54. The van der Waals surface area contributed by atoms with Gasteiger partial charge in [0.1, 0.15) is 0 Å². The molecule has 0 aliphatic heterocycles. The van der Waals surface area contributed by atoms with Crippen LogP contribution >= 0.6 is 11.6 Å². The molecule has 4 nitrogen and oxygen atoms in total. The molecule has 0 bridgehead atoms. The third-order valence-electron chi connectivity index (χ3n) is 3.18. The highest BCUT2D eigenvalue weighted by atomic mass is 35.5. The number of aliphatic hydroxyl groups is 1. The molecule has 0 aliphatic rings. The summed E-state index contributed by atoms with van der Waals surface area (Å²) >= 11 is 6.18. The molecule has 0 spiro atoms. The third kappa shape index (κ3) is 2.60. The van der Waals surface area contributed by atoms with Gasteiger partial charge in [-0.1, -0.05) is 24.6 Å². The van der Waals surface area contributed by atoms with Crippen LogP contribution in [0.4, 0.5) is 0 Å². The Bertz CT molecular complexity index is 593. The average molecular weight is 282 g/mol. The first kappa shape index (κ1) is 13.9. The zero-order valence-corrected chi connectivity index (χ0v) is 11.6. The van der Waals surface area contributed by atoms with Gasteiger partial charge < -0.3 is 14.8 Å². The molecule has 2 N–H and O–H groups in total. The number of carbonyl (C=O) groups excluding carboxylic acids is 1. The first-order valence-electron chi connectivity index (χ1n) is 6.16. The van der Waals surface area contributed by atoms with Crippen LogP contribution in [0.2, 0.25) is 5.02 Å². The quantitative estimate of drug-likeness (QED) is 0.847. The summed E-state index contributed by atoms with van der Waals surface area (Å²) in [6, 6.07) is 5.52. The number of halogens is 1. The van der Waals surface area contributed by atoms with Crippen molar-refractivity contribution in [3.05, 3.63) is 35.0 Å². The summed E-state index contributed by atoms with van der Waals surface area (Å²) in [7, 11) is 0. The second-order valence-corrected chi connectivity index (χ2v) is 4.80. The maximum atomic E-state index is 11.6. The molecule has 0 saturated carbocycles. The molecular formula is C14H16ClNO3. The fraction of sp³-hybridized carbons (Fsp3) is 0.357. The Morgan fingerprint density at radius 1 is 1.53 bits per heavy atom. The van der Waals surface area contributed by atoms with Crippen LogP contribution in [0.15, 0.2) is 24.4 Å². The number of rotatable bonds is 4. The maximum Gasteiger partial charge on any atom is 0.335 e. The largest absolute Gasteiger partial charge is 0.464 e. The Balaban J connectivity index is 2.36. The van der Waals surface area contributed by atoms with E-state index >= 15 is 0 Å². The van der Waals surface area contributed by atoms with Crippen molar-refractivity contribution < 1.29 is 14.6 Å². The number of aliphatic hydroxyl groups excluding tert-OH is 1. The lowest BCUT2D eigenvalue weighted by Gasteiger charge is -2.17. The minimum atomic E-state index is -1.20. The van der Waals surface area contributed by atoms with Gasteiger partial charge in [0, 0.05) is 23.0 Å². The van der Waals surface area contributed by atoms with E-state index in [1.807, 2.05) is 12.1 Å². The first-order chi connectivity index (χ1) is 9.06. The van der Waals surface area contributed by atoms with Crippen LogP contribution < -0.4 is 0 Å². The number of esters is 1. The fourth-order valence-electron chi connectivity index (χ4n) is 2.13. The number of hydrogen-bond acceptors (Lipinski definition) is 3. The lowest BCUT2D eigenvalue weighted by Crippen LogP contribution is -2.28. The molecule has 2 rings (SSSR count). The molecule has 0 aliphatic carbocycles. The van der Waals surface area contributed by atoms with Gasteiger partial charge in [-0.05, 0) is 24.6 Å². The Morgan fingerprint density at radius 3 is 2.95 bits per heavy atom. The lowest BCUT2D eigenvalue weighted by molar-refractivity contribution is -0.154. The summed E-state index contributed by atoms with van der Waals surface area (Å²) in [5, 5.41) is 11.4. The molecule has 0 amide bonds. The summed E-state index contributed by atoms with van der Waals surface area (Å²) in [5.74, 6) is -1.01. The highest BCUT2D eigenvalue weighted by Crippen LogP contribution is 2.32. The van der Waals surface area contributed by atoms with Crippen molar-refractivity contribution in [2.24, 2.45) is 0 Å². The van der Waals surface area contributed by atoms with Crippen molar-refractivity contribution in [3.63, 3.8) is 0 Å². The highest BCUT2D eigenvalue weighted by molar-refractivity contribution is 6.35. The van der Waals surface area contributed by atoms with Gasteiger partial charge in [0.15, 0.2) is 6.10 Å². The summed E-state index contributed by atoms with van der Waals surface area (Å²) in [4.78, 5) is 14.7. The maximum absolute atomic E-state index is 11.6. The molecule has 2 atom stereocenters. The van der Waals surface area contributed by atoms with Crippen molar-refractivity contribution in [3.8, 4) is 0 Å². The molecule has 0 radical (unpaired) electrons. The van der Waals surface area contributed by atoms with E-state index in [-0.39, 0.29) is 6.61 Å². The van der Waals surface area contributed by atoms with Crippen LogP contribution in [0.1, 0.15) is 25.3 Å². The number of aromatic amines is 1. The predicted molar refractivity (Wildman–Crippen MR) is 74.4 cm³/mol. The zero-order valence-electron chi connectivity index (χ0n) is 10.8. The number of fused-ring (bicyclic) bond motifs is 1. The fourth-order valence-corrected chi connectivity index (χ4v) is 2.41. The summed E-state index contributed by atoms with van der Waals surface area (Å²) in [5.41, 5.74) is 1.69. The zero-order chi connectivity index (χ0) is 14.0. The van der Waals surface area contributed by atoms with E-state index < -0.39 is 18.0 Å². The smallest absolute Gasteiger partial charge is 0.335 e. The van der Waals surface area contributed by atoms with Gasteiger partial charge in [0.2, 0.25) is 0 Å². The van der Waals surface area contributed by atoms with Gasteiger partial charge in [-0.3, -0.25) is 0 Å². The van der Waals surface area contributed by atoms with Crippen LogP contribution in [0.5, 0.6) is 0 Å². The van der Waals surface area contributed by atoms with Crippen LogP contribution in [0.25, 0.3) is 10.9 Å². The monoisotopic (exact) mass is 281 g/mol. The molecule has 1 aromatic heterocycles. The van der Waals surface area contributed by atoms with E-state index in [4.69, 9.17) is 16.3 Å². The number of nitrogens with one attached hydrogen (secondary N) is 1. The number of H-pyrrole nitrogens is 1. The van der Waals surface area contributed by atoms with Crippen molar-refractivity contribution in [2.45, 2.75) is 25.9 Å². The molecule has 5 heteroatoms. The average Bonchev–Trinajstić information content (AvgIpc) is 2.82. The van der Waals surface area contributed by atoms with Gasteiger partial charge in [0.05, 0.1) is 11.6 Å². The molecule has 0 saturated heterocycles. The van der Waals surface area contributed by atoms with Crippen molar-refractivity contribution >= 4 is 28.5 Å². The van der Waals surface area contributed by atoms with E-state index in [0.717, 1.165) is 16.5 Å². The normalized spacial score (nSPS) is 14.3. The van der Waals surface area contributed by atoms with E-state index in [1.54, 1.807) is 26.1 Å². The Labute approximate surface area is 116 Å². The number of ether oxygens (including phenoxy) is 1. The van der Waals surface area contributed by atoms with Crippen LogP contribution in [0, 0.1) is 0 Å². The van der Waals surface area contributed by atoms with Gasteiger partial charge in [-0.25, -0.2) is 4.79 Å². The lowest BCUT2D eigenvalue weighted by atomic mass is 9.95. The molecular weight excluding hydrogens is 266 g/mol. The van der Waals surface area contributed by atoms with Crippen LogP contribution in [-0.4, -0.2) is 28.8 Å². The Morgan fingerprint density at radius 2 is 2.26 bits per heavy atom. The third-order valence-corrected chi connectivity index (χ3v) is 3.49. The van der Waals surface area contributed by atoms with Crippen LogP contribution in [0.3, 0.4) is 0 Å². The highest BCUT2D eigenvalue weighted by Gasteiger charge is 2.27. The standard InChI is InChI=1S/C14H16ClNO3/c1-3-19-14(18)13(17)8(2)9-7-16-11-6-4-5-10(15)12(9)11/h4-8,13,16-17H,3H2,1-2H3/t8-,13+/m1/s1. The van der Waals surface area contributed by atoms with Crippen LogP contribution in [-0.2, 0) is 9.53 Å².